The summed E-state index contributed by atoms with van der Waals surface area (Å²) in [6.45, 7) is 6.95. The Morgan fingerprint density at radius 3 is 2.60 bits per heavy atom. The molecule has 0 aliphatic rings. The predicted octanol–water partition coefficient (Wildman–Crippen LogP) is 1.50. The van der Waals surface area contributed by atoms with Crippen LogP contribution >= 0.6 is 0 Å². The van der Waals surface area contributed by atoms with Gasteiger partial charge in [-0.1, -0.05) is 6.92 Å². The molecule has 15 heavy (non-hydrogen) atoms. The van der Waals surface area contributed by atoms with Crippen LogP contribution in [0.1, 0.15) is 36.4 Å². The molecule has 1 atom stereocenters. The lowest BCUT2D eigenvalue weighted by molar-refractivity contribution is 0.0357. The second-order valence-corrected chi connectivity index (χ2v) is 3.80. The average molecular weight is 212 g/mol. The average Bonchev–Trinajstić information content (AvgIpc) is 2.41. The number of aryl methyl sites for hydroxylation is 2. The van der Waals surface area contributed by atoms with Crippen LogP contribution in [0, 0.1) is 13.8 Å². The van der Waals surface area contributed by atoms with E-state index < -0.39 is 6.10 Å². The Bertz CT molecular complexity index is 321. The fourth-order valence-electron chi connectivity index (χ4n) is 1.69. The SMILES string of the molecule is CCCOCC(O)c1c(C)nn(C)c1C. The van der Waals surface area contributed by atoms with Gasteiger partial charge in [-0.15, -0.1) is 0 Å². The normalized spacial score (nSPS) is 13.1. The van der Waals surface area contributed by atoms with Crippen molar-refractivity contribution in [2.45, 2.75) is 33.3 Å². The smallest absolute Gasteiger partial charge is 0.106 e. The van der Waals surface area contributed by atoms with Gasteiger partial charge in [-0.25, -0.2) is 0 Å². The zero-order valence-electron chi connectivity index (χ0n) is 9.95. The molecule has 0 aromatic carbocycles. The van der Waals surface area contributed by atoms with E-state index in [1.165, 1.54) is 0 Å². The lowest BCUT2D eigenvalue weighted by atomic mass is 10.1. The first-order chi connectivity index (χ1) is 7.07. The van der Waals surface area contributed by atoms with Gasteiger partial charge in [-0.05, 0) is 20.3 Å². The molecular weight excluding hydrogens is 192 g/mol. The molecule has 4 heteroatoms. The van der Waals surface area contributed by atoms with Crippen molar-refractivity contribution < 1.29 is 9.84 Å². The molecule has 0 aliphatic heterocycles. The molecule has 0 saturated carbocycles. The summed E-state index contributed by atoms with van der Waals surface area (Å²) in [6.07, 6.45) is 0.405. The summed E-state index contributed by atoms with van der Waals surface area (Å²) in [5, 5.41) is 14.2. The van der Waals surface area contributed by atoms with Crippen LogP contribution in [0.3, 0.4) is 0 Å². The van der Waals surface area contributed by atoms with Crippen molar-refractivity contribution in [3.05, 3.63) is 17.0 Å². The molecule has 1 unspecified atom stereocenters. The summed E-state index contributed by atoms with van der Waals surface area (Å²) < 4.78 is 7.12. The molecule has 0 radical (unpaired) electrons. The van der Waals surface area contributed by atoms with Gasteiger partial charge in [-0.2, -0.15) is 5.10 Å². The van der Waals surface area contributed by atoms with Crippen LogP contribution in [0.5, 0.6) is 0 Å². The van der Waals surface area contributed by atoms with Crippen molar-refractivity contribution in [3.8, 4) is 0 Å². The van der Waals surface area contributed by atoms with Crippen molar-refractivity contribution >= 4 is 0 Å². The Morgan fingerprint density at radius 1 is 1.47 bits per heavy atom. The van der Waals surface area contributed by atoms with Gasteiger partial charge >= 0.3 is 0 Å². The summed E-state index contributed by atoms with van der Waals surface area (Å²) in [5.74, 6) is 0. The van der Waals surface area contributed by atoms with E-state index in [1.807, 2.05) is 27.8 Å². The largest absolute Gasteiger partial charge is 0.386 e. The molecule has 0 spiro atoms. The van der Waals surface area contributed by atoms with E-state index >= 15 is 0 Å². The molecule has 0 saturated heterocycles. The van der Waals surface area contributed by atoms with Crippen LogP contribution in [0.4, 0.5) is 0 Å². The second-order valence-electron chi connectivity index (χ2n) is 3.80. The van der Waals surface area contributed by atoms with Crippen LogP contribution in [0.25, 0.3) is 0 Å². The Labute approximate surface area is 90.9 Å². The van der Waals surface area contributed by atoms with Crippen LogP contribution in [0.15, 0.2) is 0 Å². The number of nitrogens with zero attached hydrogens (tertiary/aromatic N) is 2. The molecule has 1 heterocycles. The third-order valence-electron chi connectivity index (χ3n) is 2.52. The first-order valence-electron chi connectivity index (χ1n) is 5.33. The van der Waals surface area contributed by atoms with Gasteiger partial charge in [0.15, 0.2) is 0 Å². The summed E-state index contributed by atoms with van der Waals surface area (Å²) in [6, 6.07) is 0. The number of aromatic nitrogens is 2. The minimum absolute atomic E-state index is 0.348. The highest BCUT2D eigenvalue weighted by Gasteiger charge is 2.17. The van der Waals surface area contributed by atoms with Gasteiger partial charge in [0.2, 0.25) is 0 Å². The summed E-state index contributed by atoms with van der Waals surface area (Å²) in [4.78, 5) is 0. The molecule has 4 nitrogen and oxygen atoms in total. The highest BCUT2D eigenvalue weighted by atomic mass is 16.5. The zero-order chi connectivity index (χ0) is 11.4. The maximum absolute atomic E-state index is 9.94. The van der Waals surface area contributed by atoms with Gasteiger partial charge in [0.05, 0.1) is 12.3 Å². The zero-order valence-corrected chi connectivity index (χ0v) is 9.95. The maximum atomic E-state index is 9.94. The number of hydrogen-bond donors (Lipinski definition) is 1. The molecule has 0 bridgehead atoms. The van der Waals surface area contributed by atoms with Gasteiger partial charge in [0.25, 0.3) is 0 Å². The van der Waals surface area contributed by atoms with E-state index in [2.05, 4.69) is 5.10 Å². The Hall–Kier alpha value is -0.870. The fraction of sp³-hybridized carbons (Fsp3) is 0.727. The molecule has 0 fully saturated rings. The Kier molecular flexibility index (Phi) is 4.29. The van der Waals surface area contributed by atoms with E-state index in [0.29, 0.717) is 13.2 Å². The van der Waals surface area contributed by atoms with Crippen LogP contribution in [-0.4, -0.2) is 28.1 Å². The molecule has 0 aliphatic carbocycles. The summed E-state index contributed by atoms with van der Waals surface area (Å²) in [5.41, 5.74) is 2.77. The fourth-order valence-corrected chi connectivity index (χ4v) is 1.69. The molecular formula is C11H20N2O2. The van der Waals surface area contributed by atoms with Gasteiger partial charge in [0.1, 0.15) is 6.10 Å². The lowest BCUT2D eigenvalue weighted by Crippen LogP contribution is -2.09. The number of aliphatic hydroxyl groups excluding tert-OH is 1. The number of aliphatic hydroxyl groups is 1. The first kappa shape index (κ1) is 12.2. The summed E-state index contributed by atoms with van der Waals surface area (Å²) >= 11 is 0. The third kappa shape index (κ3) is 2.79. The minimum atomic E-state index is -0.565. The van der Waals surface area contributed by atoms with Gasteiger partial charge in [-0.3, -0.25) is 4.68 Å². The minimum Gasteiger partial charge on any atom is -0.386 e. The van der Waals surface area contributed by atoms with E-state index in [-0.39, 0.29) is 0 Å². The van der Waals surface area contributed by atoms with Crippen molar-refractivity contribution in [1.29, 1.82) is 0 Å². The lowest BCUT2D eigenvalue weighted by Gasteiger charge is -2.11. The topological polar surface area (TPSA) is 47.3 Å². The van der Waals surface area contributed by atoms with Crippen LogP contribution in [0.2, 0.25) is 0 Å². The molecule has 1 rings (SSSR count). The van der Waals surface area contributed by atoms with Crippen molar-refractivity contribution in [1.82, 2.24) is 9.78 Å². The second kappa shape index (κ2) is 5.28. The molecule has 0 amide bonds. The molecule has 1 aromatic rings. The Morgan fingerprint density at radius 2 is 2.13 bits per heavy atom. The Balaban J connectivity index is 2.68. The van der Waals surface area contributed by atoms with Gasteiger partial charge in [0, 0.05) is 24.9 Å². The maximum Gasteiger partial charge on any atom is 0.106 e. The third-order valence-corrected chi connectivity index (χ3v) is 2.52. The van der Waals surface area contributed by atoms with E-state index in [4.69, 9.17) is 4.74 Å². The highest BCUT2D eigenvalue weighted by molar-refractivity contribution is 5.26. The molecule has 1 N–H and O–H groups in total. The number of rotatable bonds is 5. The van der Waals surface area contributed by atoms with Crippen LogP contribution < -0.4 is 0 Å². The van der Waals surface area contributed by atoms with Crippen molar-refractivity contribution in [2.24, 2.45) is 7.05 Å². The van der Waals surface area contributed by atoms with E-state index in [9.17, 15) is 5.11 Å². The predicted molar refractivity (Wildman–Crippen MR) is 58.8 cm³/mol. The van der Waals surface area contributed by atoms with E-state index in [1.54, 1.807) is 4.68 Å². The highest BCUT2D eigenvalue weighted by Crippen LogP contribution is 2.21. The van der Waals surface area contributed by atoms with Crippen LogP contribution in [-0.2, 0) is 11.8 Å². The number of hydrogen-bond acceptors (Lipinski definition) is 3. The number of ether oxygens (including phenoxy) is 1. The standard InChI is InChI=1S/C11H20N2O2/c1-5-6-15-7-10(14)11-8(2)12-13(4)9(11)3/h10,14H,5-7H2,1-4H3. The quantitative estimate of drug-likeness (QED) is 0.752. The van der Waals surface area contributed by atoms with E-state index in [0.717, 1.165) is 23.4 Å². The van der Waals surface area contributed by atoms with Crippen molar-refractivity contribution in [3.63, 3.8) is 0 Å². The van der Waals surface area contributed by atoms with Gasteiger partial charge < -0.3 is 9.84 Å². The summed E-state index contributed by atoms with van der Waals surface area (Å²) in [7, 11) is 1.88. The monoisotopic (exact) mass is 212 g/mol. The van der Waals surface area contributed by atoms with Crippen molar-refractivity contribution in [2.75, 3.05) is 13.2 Å². The molecule has 86 valence electrons. The first-order valence-corrected chi connectivity index (χ1v) is 5.33. The molecule has 1 aromatic heterocycles.